The highest BCUT2D eigenvalue weighted by Gasteiger charge is 2.59. The fourth-order valence-electron chi connectivity index (χ4n) is 5.32. The molecule has 1 spiro atoms. The van der Waals surface area contributed by atoms with Crippen molar-refractivity contribution in [2.24, 2.45) is 11.3 Å². The normalized spacial score (nSPS) is 22.5. The van der Waals surface area contributed by atoms with Crippen LogP contribution in [0.2, 0.25) is 0 Å². The number of fused-ring (bicyclic) bond motifs is 1. The lowest BCUT2D eigenvalue weighted by Gasteiger charge is -2.34. The topological polar surface area (TPSA) is 76.5 Å². The summed E-state index contributed by atoms with van der Waals surface area (Å²) in [6.07, 6.45) is 6.48. The summed E-state index contributed by atoms with van der Waals surface area (Å²) in [4.78, 5) is 27.8. The lowest BCUT2D eigenvalue weighted by atomic mass is 9.90. The summed E-state index contributed by atoms with van der Waals surface area (Å²) in [7, 11) is 0. The maximum atomic E-state index is 13.0. The van der Waals surface area contributed by atoms with E-state index in [1.165, 1.54) is 0 Å². The Labute approximate surface area is 192 Å². The number of rotatable bonds is 4. The number of piperidine rings is 1. The minimum Gasteiger partial charge on any atom is -0.480 e. The van der Waals surface area contributed by atoms with Crippen LogP contribution in [0.15, 0.2) is 67.0 Å². The van der Waals surface area contributed by atoms with Crippen LogP contribution in [0.1, 0.15) is 24.8 Å². The molecule has 3 aromatic rings. The largest absolute Gasteiger partial charge is 0.480 e. The maximum absolute atomic E-state index is 13.0. The molecule has 168 valence electrons. The molecule has 0 radical (unpaired) electrons. The van der Waals surface area contributed by atoms with Gasteiger partial charge < -0.3 is 15.0 Å². The van der Waals surface area contributed by atoms with Crippen molar-refractivity contribution in [1.29, 1.82) is 0 Å². The van der Waals surface area contributed by atoms with Gasteiger partial charge in [0, 0.05) is 43.5 Å². The zero-order valence-corrected chi connectivity index (χ0v) is 18.3. The Kier molecular flexibility index (Phi) is 4.71. The van der Waals surface area contributed by atoms with Gasteiger partial charge >= 0.3 is 0 Å². The van der Waals surface area contributed by atoms with Crippen LogP contribution in [0, 0.1) is 11.3 Å². The van der Waals surface area contributed by atoms with Gasteiger partial charge in [0.25, 0.3) is 5.91 Å². The zero-order valence-electron chi connectivity index (χ0n) is 18.3. The first-order valence-corrected chi connectivity index (χ1v) is 11.6. The van der Waals surface area contributed by atoms with Crippen LogP contribution in [0.3, 0.4) is 0 Å². The highest BCUT2D eigenvalue weighted by molar-refractivity contribution is 5.95. The number of para-hydroxylation sites is 1. The van der Waals surface area contributed by atoms with Gasteiger partial charge in [0.2, 0.25) is 5.91 Å². The molecule has 3 heterocycles. The third kappa shape index (κ3) is 3.67. The summed E-state index contributed by atoms with van der Waals surface area (Å²) < 4.78 is 7.67. The summed E-state index contributed by atoms with van der Waals surface area (Å²) in [5, 5.41) is 7.29. The van der Waals surface area contributed by atoms with Crippen LogP contribution in [0.25, 0.3) is 5.69 Å². The van der Waals surface area contributed by atoms with Crippen LogP contribution < -0.4 is 10.1 Å². The van der Waals surface area contributed by atoms with E-state index in [0.29, 0.717) is 19.5 Å². The first-order valence-electron chi connectivity index (χ1n) is 11.6. The highest BCUT2D eigenvalue weighted by Crippen LogP contribution is 2.59. The standard InChI is InChI=1S/C26H26N4O3/c31-24(28-19-6-8-20(9-7-19)30-13-3-12-27-30)21-17-26(21)10-14-29(15-11-26)25(32)23-16-18-4-1-2-5-22(18)33-23/h1-9,12-13,21,23H,10-11,14-17H2,(H,28,31). The lowest BCUT2D eigenvalue weighted by molar-refractivity contribution is -0.139. The van der Waals surface area contributed by atoms with Crippen molar-refractivity contribution in [2.75, 3.05) is 18.4 Å². The van der Waals surface area contributed by atoms with Crippen molar-refractivity contribution in [3.05, 3.63) is 72.6 Å². The average Bonchev–Trinajstić information content (AvgIpc) is 3.21. The molecule has 2 unspecified atom stereocenters. The number of likely N-dealkylation sites (tertiary alicyclic amines) is 1. The number of hydrogen-bond donors (Lipinski definition) is 1. The Hall–Kier alpha value is -3.61. The van der Waals surface area contributed by atoms with Crippen molar-refractivity contribution < 1.29 is 14.3 Å². The second-order valence-electron chi connectivity index (χ2n) is 9.35. The van der Waals surface area contributed by atoms with Gasteiger partial charge in [-0.1, -0.05) is 18.2 Å². The highest BCUT2D eigenvalue weighted by atomic mass is 16.5. The minimum atomic E-state index is -0.417. The number of amides is 2. The van der Waals surface area contributed by atoms with Crippen molar-refractivity contribution in [3.8, 4) is 11.4 Å². The quantitative estimate of drug-likeness (QED) is 0.672. The van der Waals surface area contributed by atoms with Crippen molar-refractivity contribution in [3.63, 3.8) is 0 Å². The van der Waals surface area contributed by atoms with Crippen LogP contribution in [0.5, 0.6) is 5.75 Å². The molecule has 7 nitrogen and oxygen atoms in total. The minimum absolute atomic E-state index is 0.0209. The van der Waals surface area contributed by atoms with Crippen LogP contribution in [-0.4, -0.2) is 45.7 Å². The Balaban J connectivity index is 1.02. The molecule has 2 atom stereocenters. The van der Waals surface area contributed by atoms with E-state index in [-0.39, 0.29) is 23.1 Å². The molecule has 2 aromatic carbocycles. The van der Waals surface area contributed by atoms with E-state index in [0.717, 1.165) is 42.0 Å². The van der Waals surface area contributed by atoms with E-state index in [1.807, 2.05) is 65.7 Å². The molecule has 0 bridgehead atoms. The van der Waals surface area contributed by atoms with E-state index in [9.17, 15) is 9.59 Å². The number of carbonyl (C=O) groups is 2. The fourth-order valence-corrected chi connectivity index (χ4v) is 5.32. The Morgan fingerprint density at radius 3 is 2.55 bits per heavy atom. The number of hydrogen-bond acceptors (Lipinski definition) is 4. The second-order valence-corrected chi connectivity index (χ2v) is 9.35. The molecule has 2 aliphatic heterocycles. The fraction of sp³-hybridized carbons (Fsp3) is 0.346. The molecule has 2 amide bonds. The van der Waals surface area contributed by atoms with Crippen molar-refractivity contribution >= 4 is 17.5 Å². The van der Waals surface area contributed by atoms with Crippen molar-refractivity contribution in [2.45, 2.75) is 31.8 Å². The van der Waals surface area contributed by atoms with E-state index in [1.54, 1.807) is 10.9 Å². The molecular formula is C26H26N4O3. The number of anilines is 1. The molecule has 2 fully saturated rings. The zero-order chi connectivity index (χ0) is 22.4. The molecule has 1 aliphatic carbocycles. The molecule has 1 saturated carbocycles. The summed E-state index contributed by atoms with van der Waals surface area (Å²) in [6.45, 7) is 1.38. The molecular weight excluding hydrogens is 416 g/mol. The summed E-state index contributed by atoms with van der Waals surface area (Å²) >= 11 is 0. The van der Waals surface area contributed by atoms with Crippen LogP contribution in [-0.2, 0) is 16.0 Å². The SMILES string of the molecule is O=C(Nc1ccc(-n2cccn2)cc1)C1CC12CCN(C(=O)C1Cc3ccccc3O1)CC2. The van der Waals surface area contributed by atoms with Gasteiger partial charge in [-0.05, 0) is 66.6 Å². The Bertz CT molecular complexity index is 1160. The predicted molar refractivity (Wildman–Crippen MR) is 123 cm³/mol. The number of nitrogens with one attached hydrogen (secondary N) is 1. The number of aromatic nitrogens is 2. The monoisotopic (exact) mass is 442 g/mol. The summed E-state index contributed by atoms with van der Waals surface area (Å²) in [5.74, 6) is 0.990. The number of benzene rings is 2. The third-order valence-corrected chi connectivity index (χ3v) is 7.40. The number of ether oxygens (including phenoxy) is 1. The molecule has 3 aliphatic rings. The number of carbonyl (C=O) groups excluding carboxylic acids is 2. The van der Waals surface area contributed by atoms with Gasteiger partial charge in [-0.25, -0.2) is 4.68 Å². The van der Waals surface area contributed by atoms with E-state index < -0.39 is 6.10 Å². The first-order chi connectivity index (χ1) is 16.1. The van der Waals surface area contributed by atoms with Gasteiger partial charge in [-0.3, -0.25) is 9.59 Å². The maximum Gasteiger partial charge on any atom is 0.263 e. The smallest absolute Gasteiger partial charge is 0.263 e. The van der Waals surface area contributed by atoms with Crippen LogP contribution >= 0.6 is 0 Å². The first kappa shape index (κ1) is 20.0. The predicted octanol–water partition coefficient (Wildman–Crippen LogP) is 3.44. The van der Waals surface area contributed by atoms with Gasteiger partial charge in [0.05, 0.1) is 5.69 Å². The summed E-state index contributed by atoms with van der Waals surface area (Å²) in [6, 6.07) is 17.4. The summed E-state index contributed by atoms with van der Waals surface area (Å²) in [5.41, 5.74) is 2.88. The molecule has 1 saturated heterocycles. The van der Waals surface area contributed by atoms with E-state index in [4.69, 9.17) is 4.74 Å². The van der Waals surface area contributed by atoms with Gasteiger partial charge in [-0.15, -0.1) is 0 Å². The van der Waals surface area contributed by atoms with Crippen LogP contribution in [0.4, 0.5) is 5.69 Å². The average molecular weight is 443 g/mol. The van der Waals surface area contributed by atoms with E-state index in [2.05, 4.69) is 10.4 Å². The Morgan fingerprint density at radius 1 is 1.03 bits per heavy atom. The lowest BCUT2D eigenvalue weighted by Crippen LogP contribution is -2.46. The molecule has 1 N–H and O–H groups in total. The molecule has 7 heteroatoms. The van der Waals surface area contributed by atoms with E-state index >= 15 is 0 Å². The van der Waals surface area contributed by atoms with Gasteiger partial charge in [0.15, 0.2) is 6.10 Å². The molecule has 1 aromatic heterocycles. The van der Waals surface area contributed by atoms with Crippen molar-refractivity contribution in [1.82, 2.24) is 14.7 Å². The van der Waals surface area contributed by atoms with Gasteiger partial charge in [0.1, 0.15) is 5.75 Å². The second kappa shape index (κ2) is 7.76. The number of nitrogens with zero attached hydrogens (tertiary/aromatic N) is 3. The third-order valence-electron chi connectivity index (χ3n) is 7.40. The van der Waals surface area contributed by atoms with Gasteiger partial charge in [-0.2, -0.15) is 5.10 Å². The molecule has 6 rings (SSSR count). The molecule has 33 heavy (non-hydrogen) atoms. The Morgan fingerprint density at radius 2 is 1.82 bits per heavy atom.